The third-order valence-electron chi connectivity index (χ3n) is 3.80. The number of nitrogens with two attached hydrogens (primary N) is 1. The molecule has 1 saturated heterocycles. The fourth-order valence-corrected chi connectivity index (χ4v) is 3.58. The Balaban J connectivity index is 2.33. The molecule has 106 valence electrons. The molecule has 2 N–H and O–H groups in total. The van der Waals surface area contributed by atoms with E-state index in [2.05, 4.69) is 70.9 Å². The minimum atomic E-state index is 0.126. The number of halogens is 1. The van der Waals surface area contributed by atoms with Gasteiger partial charge >= 0.3 is 0 Å². The van der Waals surface area contributed by atoms with Crippen LogP contribution in [0.25, 0.3) is 0 Å². The monoisotopic (exact) mass is 325 g/mol. The van der Waals surface area contributed by atoms with E-state index in [0.717, 1.165) is 30.5 Å². The summed E-state index contributed by atoms with van der Waals surface area (Å²) >= 11 is 3.51. The van der Waals surface area contributed by atoms with E-state index in [-0.39, 0.29) is 5.54 Å². The fourth-order valence-electron chi connectivity index (χ4n) is 3.31. The molecule has 0 aromatic heterocycles. The fraction of sp³-hybridized carbons (Fsp3) is 0.600. The maximum atomic E-state index is 5.81. The quantitative estimate of drug-likeness (QED) is 0.927. The average Bonchev–Trinajstić information content (AvgIpc) is 2.30. The Morgan fingerprint density at radius 1 is 1.32 bits per heavy atom. The zero-order chi connectivity index (χ0) is 14.0. The molecule has 3 nitrogen and oxygen atoms in total. The van der Waals surface area contributed by atoms with Crippen LogP contribution in [-0.2, 0) is 0 Å². The van der Waals surface area contributed by atoms with Crippen molar-refractivity contribution in [1.82, 2.24) is 4.90 Å². The number of nitrogens with zero attached hydrogens (tertiary/aromatic N) is 2. The number of rotatable bonds is 3. The molecule has 1 atom stereocenters. The molecule has 0 amide bonds. The van der Waals surface area contributed by atoms with Crippen LogP contribution in [0.4, 0.5) is 5.69 Å². The molecule has 1 heterocycles. The molecule has 1 aliphatic rings. The SMILES string of the molecule is CN1CC(CCN)N(c2ccc(Br)cc2)C(C)(C)C1. The van der Waals surface area contributed by atoms with E-state index in [9.17, 15) is 0 Å². The topological polar surface area (TPSA) is 32.5 Å². The van der Waals surface area contributed by atoms with Crippen molar-refractivity contribution in [3.05, 3.63) is 28.7 Å². The Kier molecular flexibility index (Phi) is 4.54. The van der Waals surface area contributed by atoms with Crippen LogP contribution in [0, 0.1) is 0 Å². The zero-order valence-corrected chi connectivity index (χ0v) is 13.7. The van der Waals surface area contributed by atoms with Gasteiger partial charge < -0.3 is 15.5 Å². The minimum absolute atomic E-state index is 0.126. The molecule has 1 unspecified atom stereocenters. The van der Waals surface area contributed by atoms with Gasteiger partial charge in [0.05, 0.1) is 0 Å². The normalized spacial score (nSPS) is 23.6. The van der Waals surface area contributed by atoms with Gasteiger partial charge in [-0.05, 0) is 58.1 Å². The Labute approximate surface area is 124 Å². The minimum Gasteiger partial charge on any atom is -0.361 e. The van der Waals surface area contributed by atoms with Crippen LogP contribution >= 0.6 is 15.9 Å². The van der Waals surface area contributed by atoms with Crippen LogP contribution < -0.4 is 10.6 Å². The summed E-state index contributed by atoms with van der Waals surface area (Å²) in [4.78, 5) is 4.96. The summed E-state index contributed by atoms with van der Waals surface area (Å²) in [6, 6.07) is 9.10. The van der Waals surface area contributed by atoms with Gasteiger partial charge in [0.15, 0.2) is 0 Å². The molecule has 0 spiro atoms. The number of hydrogen-bond donors (Lipinski definition) is 1. The summed E-state index contributed by atoms with van der Waals surface area (Å²) < 4.78 is 1.12. The Morgan fingerprint density at radius 3 is 2.53 bits per heavy atom. The standard InChI is InChI=1S/C15H24BrN3/c1-15(2)11-18(3)10-14(8-9-17)19(15)13-6-4-12(16)5-7-13/h4-7,14H,8-11,17H2,1-3H3. The highest BCUT2D eigenvalue weighted by Gasteiger charge is 2.38. The largest absolute Gasteiger partial charge is 0.361 e. The highest BCUT2D eigenvalue weighted by molar-refractivity contribution is 9.10. The highest BCUT2D eigenvalue weighted by Crippen LogP contribution is 2.32. The van der Waals surface area contributed by atoms with Gasteiger partial charge in [-0.2, -0.15) is 0 Å². The van der Waals surface area contributed by atoms with Gasteiger partial charge in [0, 0.05) is 34.8 Å². The second-order valence-corrected chi connectivity index (χ2v) is 7.00. The predicted octanol–water partition coefficient (Wildman–Crippen LogP) is 2.70. The zero-order valence-electron chi connectivity index (χ0n) is 12.1. The maximum Gasteiger partial charge on any atom is 0.0476 e. The lowest BCUT2D eigenvalue weighted by molar-refractivity contribution is 0.176. The maximum absolute atomic E-state index is 5.81. The molecule has 1 aromatic carbocycles. The van der Waals surface area contributed by atoms with Crippen LogP contribution in [0.15, 0.2) is 28.7 Å². The molecule has 1 aromatic rings. The van der Waals surface area contributed by atoms with Crippen LogP contribution in [-0.4, -0.2) is 43.2 Å². The van der Waals surface area contributed by atoms with E-state index in [0.29, 0.717) is 6.04 Å². The molecule has 0 bridgehead atoms. The summed E-state index contributed by atoms with van der Waals surface area (Å²) in [6.45, 7) is 7.52. The molecule has 0 saturated carbocycles. The van der Waals surface area contributed by atoms with Crippen molar-refractivity contribution >= 4 is 21.6 Å². The van der Waals surface area contributed by atoms with Gasteiger partial charge in [-0.15, -0.1) is 0 Å². The van der Waals surface area contributed by atoms with Gasteiger partial charge in [-0.1, -0.05) is 15.9 Å². The van der Waals surface area contributed by atoms with E-state index in [1.807, 2.05) is 0 Å². The lowest BCUT2D eigenvalue weighted by Crippen LogP contribution is -2.63. The molecular weight excluding hydrogens is 302 g/mol. The second-order valence-electron chi connectivity index (χ2n) is 6.09. The number of piperazine rings is 1. The molecule has 2 rings (SSSR count). The number of hydrogen-bond acceptors (Lipinski definition) is 3. The number of anilines is 1. The Bertz CT molecular complexity index is 416. The van der Waals surface area contributed by atoms with Crippen molar-refractivity contribution in [2.75, 3.05) is 31.6 Å². The van der Waals surface area contributed by atoms with E-state index in [1.54, 1.807) is 0 Å². The van der Waals surface area contributed by atoms with Crippen LogP contribution in [0.3, 0.4) is 0 Å². The summed E-state index contributed by atoms with van der Waals surface area (Å²) in [5.41, 5.74) is 7.22. The molecule has 19 heavy (non-hydrogen) atoms. The number of benzene rings is 1. The first kappa shape index (κ1) is 14.8. The third-order valence-corrected chi connectivity index (χ3v) is 4.33. The van der Waals surface area contributed by atoms with Crippen molar-refractivity contribution in [1.29, 1.82) is 0 Å². The smallest absolute Gasteiger partial charge is 0.0476 e. The highest BCUT2D eigenvalue weighted by atomic mass is 79.9. The van der Waals surface area contributed by atoms with E-state index in [4.69, 9.17) is 5.73 Å². The molecule has 4 heteroatoms. The van der Waals surface area contributed by atoms with Gasteiger partial charge in [0.1, 0.15) is 0 Å². The summed E-state index contributed by atoms with van der Waals surface area (Å²) in [5.74, 6) is 0. The lowest BCUT2D eigenvalue weighted by Gasteiger charge is -2.52. The van der Waals surface area contributed by atoms with E-state index >= 15 is 0 Å². The van der Waals surface area contributed by atoms with E-state index < -0.39 is 0 Å². The molecule has 1 fully saturated rings. The first-order valence-corrected chi connectivity index (χ1v) is 7.67. The Hall–Kier alpha value is -0.580. The van der Waals surface area contributed by atoms with Crippen LogP contribution in [0.1, 0.15) is 20.3 Å². The van der Waals surface area contributed by atoms with Crippen molar-refractivity contribution < 1.29 is 0 Å². The van der Waals surface area contributed by atoms with Crippen molar-refractivity contribution in [3.8, 4) is 0 Å². The molecule has 1 aliphatic heterocycles. The van der Waals surface area contributed by atoms with Crippen molar-refractivity contribution in [2.24, 2.45) is 5.73 Å². The summed E-state index contributed by atoms with van der Waals surface area (Å²) in [7, 11) is 2.20. The van der Waals surface area contributed by atoms with Gasteiger partial charge in [0.2, 0.25) is 0 Å². The van der Waals surface area contributed by atoms with Crippen LogP contribution in [0.2, 0.25) is 0 Å². The van der Waals surface area contributed by atoms with Gasteiger partial charge in [-0.3, -0.25) is 0 Å². The summed E-state index contributed by atoms with van der Waals surface area (Å²) in [6.07, 6.45) is 1.03. The number of likely N-dealkylation sites (N-methyl/N-ethyl adjacent to an activating group) is 1. The summed E-state index contributed by atoms with van der Waals surface area (Å²) in [5, 5.41) is 0. The first-order chi connectivity index (χ1) is 8.94. The van der Waals surface area contributed by atoms with E-state index in [1.165, 1.54) is 5.69 Å². The Morgan fingerprint density at radius 2 is 1.95 bits per heavy atom. The lowest BCUT2D eigenvalue weighted by atomic mass is 9.92. The molecular formula is C15H24BrN3. The molecule has 0 aliphatic carbocycles. The van der Waals surface area contributed by atoms with Crippen molar-refractivity contribution in [3.63, 3.8) is 0 Å². The van der Waals surface area contributed by atoms with Crippen molar-refractivity contribution in [2.45, 2.75) is 31.8 Å². The second kappa shape index (κ2) is 5.81. The van der Waals surface area contributed by atoms with Crippen LogP contribution in [0.5, 0.6) is 0 Å². The third kappa shape index (κ3) is 3.30. The van der Waals surface area contributed by atoms with Gasteiger partial charge in [0.25, 0.3) is 0 Å². The first-order valence-electron chi connectivity index (χ1n) is 6.87. The average molecular weight is 326 g/mol. The van der Waals surface area contributed by atoms with Gasteiger partial charge in [-0.25, -0.2) is 0 Å². The molecule has 0 radical (unpaired) electrons. The predicted molar refractivity (Wildman–Crippen MR) is 85.7 cm³/mol.